The minimum Gasteiger partial charge on any atom is -0.490 e. The normalized spacial score (nSPS) is 15.0. The molecule has 0 aromatic heterocycles. The van der Waals surface area contributed by atoms with Crippen molar-refractivity contribution in [2.75, 3.05) is 13.2 Å². The fraction of sp³-hybridized carbons (Fsp3) is 0.238. The Balaban J connectivity index is 1.87. The van der Waals surface area contributed by atoms with E-state index in [2.05, 4.69) is 5.32 Å². The zero-order valence-corrected chi connectivity index (χ0v) is 18.6. The highest BCUT2D eigenvalue weighted by atomic mass is 35.5. The van der Waals surface area contributed by atoms with Crippen LogP contribution in [0.2, 0.25) is 15.1 Å². The van der Waals surface area contributed by atoms with Gasteiger partial charge in [0.2, 0.25) is 0 Å². The number of likely N-dealkylation sites (N-methyl/N-ethyl adjacent to an activating group) is 1. The van der Waals surface area contributed by atoms with Gasteiger partial charge in [0.25, 0.3) is 5.91 Å². The Morgan fingerprint density at radius 1 is 1.00 bits per heavy atom. The number of amides is 3. The number of imide groups is 1. The van der Waals surface area contributed by atoms with Gasteiger partial charge in [0.15, 0.2) is 11.5 Å². The van der Waals surface area contributed by atoms with Gasteiger partial charge in [-0.3, -0.25) is 9.69 Å². The van der Waals surface area contributed by atoms with E-state index < -0.39 is 11.9 Å². The van der Waals surface area contributed by atoms with Gasteiger partial charge < -0.3 is 14.8 Å². The van der Waals surface area contributed by atoms with E-state index >= 15 is 0 Å². The monoisotopic (exact) mass is 468 g/mol. The number of nitrogens with one attached hydrogen (secondary N) is 1. The molecule has 0 saturated carbocycles. The molecule has 0 spiro atoms. The number of ether oxygens (including phenoxy) is 2. The molecule has 0 aliphatic carbocycles. The molecule has 0 radical (unpaired) electrons. The van der Waals surface area contributed by atoms with Crippen molar-refractivity contribution in [3.05, 3.63) is 62.2 Å². The zero-order chi connectivity index (χ0) is 21.8. The summed E-state index contributed by atoms with van der Waals surface area (Å²) >= 11 is 18.4. The Bertz CT molecular complexity index is 1020. The van der Waals surface area contributed by atoms with Gasteiger partial charge >= 0.3 is 6.03 Å². The van der Waals surface area contributed by atoms with Crippen molar-refractivity contribution in [3.8, 4) is 11.5 Å². The van der Waals surface area contributed by atoms with Crippen molar-refractivity contribution in [1.82, 2.24) is 10.2 Å². The maximum Gasteiger partial charge on any atom is 0.328 e. The highest BCUT2D eigenvalue weighted by Crippen LogP contribution is 2.38. The molecule has 2 aromatic carbocycles. The molecule has 6 nitrogen and oxygen atoms in total. The van der Waals surface area contributed by atoms with E-state index in [1.54, 1.807) is 43.3 Å². The highest BCUT2D eigenvalue weighted by molar-refractivity contribution is 6.42. The van der Waals surface area contributed by atoms with E-state index in [1.807, 2.05) is 6.92 Å². The molecule has 1 aliphatic rings. The number of rotatable bonds is 7. The number of halogens is 3. The minimum absolute atomic E-state index is 0.171. The number of benzene rings is 2. The lowest BCUT2D eigenvalue weighted by atomic mass is 10.1. The van der Waals surface area contributed by atoms with Crippen LogP contribution >= 0.6 is 34.8 Å². The van der Waals surface area contributed by atoms with Crippen LogP contribution < -0.4 is 14.8 Å². The molecule has 1 N–H and O–H groups in total. The molecule has 3 rings (SSSR count). The maximum absolute atomic E-state index is 12.3. The smallest absolute Gasteiger partial charge is 0.328 e. The molecule has 3 amide bonds. The Morgan fingerprint density at radius 2 is 1.77 bits per heavy atom. The quantitative estimate of drug-likeness (QED) is 0.427. The molecule has 0 atom stereocenters. The lowest BCUT2D eigenvalue weighted by Crippen LogP contribution is -2.30. The molecular weight excluding hydrogens is 451 g/mol. The summed E-state index contributed by atoms with van der Waals surface area (Å²) in [7, 11) is 0. The lowest BCUT2D eigenvalue weighted by molar-refractivity contribution is -0.122. The van der Waals surface area contributed by atoms with Crippen LogP contribution in [-0.4, -0.2) is 30.0 Å². The lowest BCUT2D eigenvalue weighted by Gasteiger charge is -2.15. The van der Waals surface area contributed by atoms with E-state index in [1.165, 1.54) is 0 Å². The largest absolute Gasteiger partial charge is 0.490 e. The first-order valence-corrected chi connectivity index (χ1v) is 10.3. The van der Waals surface area contributed by atoms with Crippen LogP contribution in [0, 0.1) is 0 Å². The fourth-order valence-corrected chi connectivity index (χ4v) is 3.48. The zero-order valence-electron chi connectivity index (χ0n) is 16.3. The van der Waals surface area contributed by atoms with Crippen LogP contribution in [-0.2, 0) is 11.4 Å². The Labute approximate surface area is 189 Å². The van der Waals surface area contributed by atoms with Crippen molar-refractivity contribution >= 4 is 52.8 Å². The van der Waals surface area contributed by atoms with Crippen LogP contribution in [0.5, 0.6) is 11.5 Å². The van der Waals surface area contributed by atoms with Crippen LogP contribution in [0.15, 0.2) is 36.0 Å². The number of hydrogen-bond acceptors (Lipinski definition) is 4. The molecule has 2 aromatic rings. The van der Waals surface area contributed by atoms with Crippen LogP contribution in [0.4, 0.5) is 4.79 Å². The first kappa shape index (κ1) is 22.3. The summed E-state index contributed by atoms with van der Waals surface area (Å²) in [5.41, 5.74) is 1.57. The average molecular weight is 470 g/mol. The number of carbonyl (C=O) groups is 2. The Morgan fingerprint density at radius 3 is 2.40 bits per heavy atom. The molecule has 1 fully saturated rings. The first-order valence-electron chi connectivity index (χ1n) is 9.21. The number of hydrogen-bond donors (Lipinski definition) is 1. The number of carbonyl (C=O) groups excluding carboxylic acids is 2. The molecule has 0 unspecified atom stereocenters. The second-order valence-electron chi connectivity index (χ2n) is 6.34. The molecule has 9 heteroatoms. The van der Waals surface area contributed by atoms with Crippen molar-refractivity contribution < 1.29 is 19.1 Å². The van der Waals surface area contributed by atoms with E-state index in [0.29, 0.717) is 38.7 Å². The van der Waals surface area contributed by atoms with E-state index in [9.17, 15) is 9.59 Å². The van der Waals surface area contributed by atoms with Crippen LogP contribution in [0.3, 0.4) is 0 Å². The second kappa shape index (κ2) is 9.60. The van der Waals surface area contributed by atoms with Gasteiger partial charge in [0, 0.05) is 6.54 Å². The van der Waals surface area contributed by atoms with E-state index in [-0.39, 0.29) is 18.8 Å². The van der Waals surface area contributed by atoms with Gasteiger partial charge in [-0.25, -0.2) is 4.79 Å². The number of nitrogens with zero attached hydrogens (tertiary/aromatic N) is 1. The first-order chi connectivity index (χ1) is 14.3. The summed E-state index contributed by atoms with van der Waals surface area (Å²) < 4.78 is 11.6. The van der Waals surface area contributed by atoms with Gasteiger partial charge in [0.1, 0.15) is 12.3 Å². The van der Waals surface area contributed by atoms with Crippen LogP contribution in [0.25, 0.3) is 6.08 Å². The Hall–Kier alpha value is -2.41. The van der Waals surface area contributed by atoms with Gasteiger partial charge in [0.05, 0.1) is 21.7 Å². The summed E-state index contributed by atoms with van der Waals surface area (Å²) in [6.07, 6.45) is 1.55. The van der Waals surface area contributed by atoms with E-state index in [4.69, 9.17) is 44.3 Å². The van der Waals surface area contributed by atoms with Gasteiger partial charge in [-0.05, 0) is 55.3 Å². The maximum atomic E-state index is 12.3. The van der Waals surface area contributed by atoms with Gasteiger partial charge in [-0.1, -0.05) is 40.9 Å². The summed E-state index contributed by atoms with van der Waals surface area (Å²) in [5, 5.41) is 3.75. The Kier molecular flexibility index (Phi) is 7.13. The SMILES string of the molecule is CCOc1cc(/C=C2/NC(=O)N(CC)C2=O)cc(Cl)c1OCc1ccc(Cl)c(Cl)c1. The second-order valence-corrected chi connectivity index (χ2v) is 7.56. The van der Waals surface area contributed by atoms with Gasteiger partial charge in [-0.2, -0.15) is 0 Å². The predicted octanol–water partition coefficient (Wildman–Crippen LogP) is 5.54. The standard InChI is InChI=1S/C21H19Cl3N2O4/c1-3-26-20(27)17(25-21(26)28)9-13-8-16(24)19(18(10-13)29-4-2)30-11-12-5-6-14(22)15(23)7-12/h5-10H,3-4,11H2,1-2H3,(H,25,28)/b17-9+. The summed E-state index contributed by atoms with van der Waals surface area (Å²) in [6.45, 7) is 4.44. The third-order valence-corrected chi connectivity index (χ3v) is 5.31. The minimum atomic E-state index is -0.452. The van der Waals surface area contributed by atoms with Gasteiger partial charge in [-0.15, -0.1) is 0 Å². The van der Waals surface area contributed by atoms with Crippen molar-refractivity contribution in [3.63, 3.8) is 0 Å². The van der Waals surface area contributed by atoms with Crippen LogP contribution in [0.1, 0.15) is 25.0 Å². The molecule has 158 valence electrons. The molecule has 30 heavy (non-hydrogen) atoms. The average Bonchev–Trinajstić information content (AvgIpc) is 2.96. The fourth-order valence-electron chi connectivity index (χ4n) is 2.88. The van der Waals surface area contributed by atoms with E-state index in [0.717, 1.165) is 10.5 Å². The summed E-state index contributed by atoms with van der Waals surface area (Å²) in [4.78, 5) is 25.2. The summed E-state index contributed by atoms with van der Waals surface area (Å²) in [5.74, 6) is 0.390. The summed E-state index contributed by atoms with van der Waals surface area (Å²) in [6, 6.07) is 8.08. The molecule has 0 bridgehead atoms. The molecule has 1 heterocycles. The van der Waals surface area contributed by atoms with Crippen molar-refractivity contribution in [2.45, 2.75) is 20.5 Å². The molecule has 1 aliphatic heterocycles. The van der Waals surface area contributed by atoms with Crippen molar-refractivity contribution in [2.24, 2.45) is 0 Å². The predicted molar refractivity (Wildman–Crippen MR) is 117 cm³/mol. The molecular formula is C21H19Cl3N2O4. The highest BCUT2D eigenvalue weighted by Gasteiger charge is 2.32. The van der Waals surface area contributed by atoms with Crippen molar-refractivity contribution in [1.29, 1.82) is 0 Å². The molecule has 1 saturated heterocycles. The number of urea groups is 1. The topological polar surface area (TPSA) is 67.9 Å². The third kappa shape index (κ3) is 4.83. The third-order valence-electron chi connectivity index (χ3n) is 4.29.